The maximum Gasteiger partial charge on any atom is 0.277 e. The Hall–Kier alpha value is -1.82. The SMILES string of the molecule is CC1(c2ccccc2)CC(=O)N(CC(F)(F)CN)C1=O. The highest BCUT2D eigenvalue weighted by molar-refractivity contribution is 6.08. The number of hydrogen-bond acceptors (Lipinski definition) is 3. The smallest absolute Gasteiger partial charge is 0.277 e. The number of hydrogen-bond donors (Lipinski definition) is 1. The first-order chi connectivity index (χ1) is 9.30. The number of imide groups is 1. The number of rotatable bonds is 4. The number of likely N-dealkylation sites (tertiary alicyclic amines) is 1. The van der Waals surface area contributed by atoms with Crippen molar-refractivity contribution in [3.05, 3.63) is 35.9 Å². The van der Waals surface area contributed by atoms with Crippen molar-refractivity contribution in [3.63, 3.8) is 0 Å². The van der Waals surface area contributed by atoms with Crippen LogP contribution < -0.4 is 5.73 Å². The van der Waals surface area contributed by atoms with Crippen LogP contribution in [0.5, 0.6) is 0 Å². The van der Waals surface area contributed by atoms with Gasteiger partial charge in [0, 0.05) is 6.42 Å². The largest absolute Gasteiger partial charge is 0.325 e. The zero-order chi connectivity index (χ0) is 15.0. The molecule has 0 aliphatic carbocycles. The average Bonchev–Trinajstić information content (AvgIpc) is 2.64. The molecule has 1 heterocycles. The summed E-state index contributed by atoms with van der Waals surface area (Å²) in [7, 11) is 0. The second kappa shape index (κ2) is 4.94. The molecule has 0 radical (unpaired) electrons. The van der Waals surface area contributed by atoms with Gasteiger partial charge in [0.25, 0.3) is 5.92 Å². The standard InChI is InChI=1S/C14H16F2N2O2/c1-13(10-5-3-2-4-6-10)7-11(19)18(12(13)20)9-14(15,16)8-17/h2-6H,7-9,17H2,1H3. The van der Waals surface area contributed by atoms with Gasteiger partial charge in [-0.15, -0.1) is 0 Å². The molecule has 1 aromatic carbocycles. The Balaban J connectivity index is 2.29. The van der Waals surface area contributed by atoms with Gasteiger partial charge in [0.1, 0.15) is 0 Å². The van der Waals surface area contributed by atoms with Crippen LogP contribution in [0.15, 0.2) is 30.3 Å². The van der Waals surface area contributed by atoms with E-state index in [4.69, 9.17) is 5.73 Å². The molecule has 2 N–H and O–H groups in total. The molecule has 1 atom stereocenters. The summed E-state index contributed by atoms with van der Waals surface area (Å²) in [5.41, 5.74) is 4.52. The Labute approximate surface area is 115 Å². The van der Waals surface area contributed by atoms with Crippen LogP contribution >= 0.6 is 0 Å². The third kappa shape index (κ3) is 2.43. The number of amides is 2. The molecule has 1 aliphatic heterocycles. The molecule has 0 saturated carbocycles. The Kier molecular flexibility index (Phi) is 3.60. The third-order valence-corrected chi connectivity index (χ3v) is 3.62. The predicted molar refractivity (Wildman–Crippen MR) is 69.1 cm³/mol. The minimum Gasteiger partial charge on any atom is -0.325 e. The van der Waals surface area contributed by atoms with Gasteiger partial charge in [-0.3, -0.25) is 14.5 Å². The molecule has 1 aliphatic rings. The van der Waals surface area contributed by atoms with Gasteiger partial charge >= 0.3 is 0 Å². The second-order valence-electron chi connectivity index (χ2n) is 5.22. The topological polar surface area (TPSA) is 63.4 Å². The molecule has 1 aromatic rings. The van der Waals surface area contributed by atoms with Gasteiger partial charge in [0.05, 0.1) is 18.5 Å². The molecule has 0 spiro atoms. The van der Waals surface area contributed by atoms with Crippen LogP contribution in [-0.2, 0) is 15.0 Å². The number of carbonyl (C=O) groups is 2. The van der Waals surface area contributed by atoms with E-state index in [1.165, 1.54) is 0 Å². The lowest BCUT2D eigenvalue weighted by Crippen LogP contribution is -2.46. The first-order valence-corrected chi connectivity index (χ1v) is 6.28. The summed E-state index contributed by atoms with van der Waals surface area (Å²) in [5, 5.41) is 0. The molecule has 0 aromatic heterocycles. The molecular formula is C14H16F2N2O2. The van der Waals surface area contributed by atoms with E-state index in [2.05, 4.69) is 0 Å². The molecule has 2 rings (SSSR count). The van der Waals surface area contributed by atoms with Gasteiger partial charge in [-0.05, 0) is 12.5 Å². The van der Waals surface area contributed by atoms with Crippen LogP contribution in [0.3, 0.4) is 0 Å². The van der Waals surface area contributed by atoms with E-state index in [-0.39, 0.29) is 6.42 Å². The van der Waals surface area contributed by atoms with Crippen molar-refractivity contribution in [3.8, 4) is 0 Å². The summed E-state index contributed by atoms with van der Waals surface area (Å²) in [5.74, 6) is -4.44. The van der Waals surface area contributed by atoms with Gasteiger partial charge in [0.15, 0.2) is 0 Å². The minimum absolute atomic E-state index is 0.101. The number of alkyl halides is 2. The fourth-order valence-corrected chi connectivity index (χ4v) is 2.37. The minimum atomic E-state index is -3.26. The fraction of sp³-hybridized carbons (Fsp3) is 0.429. The summed E-state index contributed by atoms with van der Waals surface area (Å²) < 4.78 is 26.7. The lowest BCUT2D eigenvalue weighted by molar-refractivity contribution is -0.145. The molecule has 1 saturated heterocycles. The summed E-state index contributed by atoms with van der Waals surface area (Å²) in [6, 6.07) is 8.71. The van der Waals surface area contributed by atoms with E-state index in [0.29, 0.717) is 10.5 Å². The van der Waals surface area contributed by atoms with Gasteiger partial charge in [0.2, 0.25) is 11.8 Å². The maximum absolute atomic E-state index is 13.3. The Bertz CT molecular complexity index is 533. The molecule has 1 unspecified atom stereocenters. The average molecular weight is 282 g/mol. The van der Waals surface area contributed by atoms with Crippen molar-refractivity contribution in [1.29, 1.82) is 0 Å². The summed E-state index contributed by atoms with van der Waals surface area (Å²) in [4.78, 5) is 24.9. The van der Waals surface area contributed by atoms with Gasteiger partial charge < -0.3 is 5.73 Å². The molecule has 108 valence electrons. The van der Waals surface area contributed by atoms with Crippen molar-refractivity contribution in [1.82, 2.24) is 4.90 Å². The highest BCUT2D eigenvalue weighted by atomic mass is 19.3. The first kappa shape index (κ1) is 14.6. The normalized spacial score (nSPS) is 23.5. The molecule has 6 heteroatoms. The van der Waals surface area contributed by atoms with E-state index in [0.717, 1.165) is 0 Å². The summed E-state index contributed by atoms with van der Waals surface area (Å²) in [6.45, 7) is -0.251. The molecule has 2 amide bonds. The van der Waals surface area contributed by atoms with Crippen LogP contribution in [-0.4, -0.2) is 35.7 Å². The Morgan fingerprint density at radius 3 is 2.45 bits per heavy atom. The number of halogens is 2. The van der Waals surface area contributed by atoms with E-state index in [9.17, 15) is 18.4 Å². The predicted octanol–water partition coefficient (Wildman–Crippen LogP) is 1.30. The lowest BCUT2D eigenvalue weighted by Gasteiger charge is -2.25. The lowest BCUT2D eigenvalue weighted by atomic mass is 9.81. The van der Waals surface area contributed by atoms with Crippen LogP contribution in [0.4, 0.5) is 8.78 Å². The van der Waals surface area contributed by atoms with Gasteiger partial charge in [-0.25, -0.2) is 8.78 Å². The monoisotopic (exact) mass is 282 g/mol. The van der Waals surface area contributed by atoms with Gasteiger partial charge in [-0.1, -0.05) is 30.3 Å². The van der Waals surface area contributed by atoms with Crippen molar-refractivity contribution < 1.29 is 18.4 Å². The van der Waals surface area contributed by atoms with E-state index < -0.39 is 36.2 Å². The van der Waals surface area contributed by atoms with E-state index in [1.807, 2.05) is 0 Å². The van der Waals surface area contributed by atoms with Crippen molar-refractivity contribution in [2.75, 3.05) is 13.1 Å². The first-order valence-electron chi connectivity index (χ1n) is 6.28. The fourth-order valence-electron chi connectivity index (χ4n) is 2.37. The second-order valence-corrected chi connectivity index (χ2v) is 5.22. The highest BCUT2D eigenvalue weighted by Gasteiger charge is 2.51. The molecule has 1 fully saturated rings. The number of carbonyl (C=O) groups excluding carboxylic acids is 2. The Morgan fingerprint density at radius 2 is 1.90 bits per heavy atom. The zero-order valence-electron chi connectivity index (χ0n) is 11.1. The van der Waals surface area contributed by atoms with Crippen LogP contribution in [0.1, 0.15) is 18.9 Å². The van der Waals surface area contributed by atoms with Crippen molar-refractivity contribution >= 4 is 11.8 Å². The van der Waals surface area contributed by atoms with E-state index in [1.54, 1.807) is 37.3 Å². The number of nitrogens with zero attached hydrogens (tertiary/aromatic N) is 1. The molecule has 20 heavy (non-hydrogen) atoms. The van der Waals surface area contributed by atoms with Crippen LogP contribution in [0, 0.1) is 0 Å². The molecule has 0 bridgehead atoms. The third-order valence-electron chi connectivity index (χ3n) is 3.62. The molecule has 4 nitrogen and oxygen atoms in total. The van der Waals surface area contributed by atoms with Crippen LogP contribution in [0.25, 0.3) is 0 Å². The zero-order valence-corrected chi connectivity index (χ0v) is 11.1. The molecular weight excluding hydrogens is 266 g/mol. The maximum atomic E-state index is 13.3. The number of benzene rings is 1. The Morgan fingerprint density at radius 1 is 1.30 bits per heavy atom. The van der Waals surface area contributed by atoms with Gasteiger partial charge in [-0.2, -0.15) is 0 Å². The summed E-state index contributed by atoms with van der Waals surface area (Å²) >= 11 is 0. The highest BCUT2D eigenvalue weighted by Crippen LogP contribution is 2.37. The quantitative estimate of drug-likeness (QED) is 0.847. The van der Waals surface area contributed by atoms with Crippen LogP contribution in [0.2, 0.25) is 0 Å². The van der Waals surface area contributed by atoms with Crippen molar-refractivity contribution in [2.24, 2.45) is 5.73 Å². The summed E-state index contributed by atoms with van der Waals surface area (Å²) in [6.07, 6.45) is -0.101. The van der Waals surface area contributed by atoms with Crippen molar-refractivity contribution in [2.45, 2.75) is 24.7 Å². The number of nitrogens with two attached hydrogens (primary N) is 1. The van der Waals surface area contributed by atoms with E-state index >= 15 is 0 Å².